The first-order valence-corrected chi connectivity index (χ1v) is 11.5. The Hall–Kier alpha value is -4.36. The number of amides is 3. The minimum Gasteiger partial charge on any atom is -0.441 e. The van der Waals surface area contributed by atoms with Crippen LogP contribution in [0.15, 0.2) is 36.8 Å². The zero-order valence-electron chi connectivity index (χ0n) is 19.4. The molecule has 1 atom stereocenters. The summed E-state index contributed by atoms with van der Waals surface area (Å²) in [5.74, 6) is -2.30. The number of nitrogens with zero attached hydrogens (tertiary/aromatic N) is 6. The van der Waals surface area contributed by atoms with E-state index in [2.05, 4.69) is 15.3 Å². The highest BCUT2D eigenvalue weighted by atomic mass is 19.1. The maximum absolute atomic E-state index is 14.9. The van der Waals surface area contributed by atoms with E-state index >= 15 is 0 Å². The highest BCUT2D eigenvalue weighted by Crippen LogP contribution is 2.31. The molecular formula is C23H22F3N7O4. The Balaban J connectivity index is 1.16. The van der Waals surface area contributed by atoms with Crippen molar-refractivity contribution in [2.24, 2.45) is 0 Å². The molecule has 0 saturated carbocycles. The van der Waals surface area contributed by atoms with Gasteiger partial charge in [0.05, 0.1) is 18.8 Å². The minimum atomic E-state index is -0.981. The number of carbonyl (C=O) groups is 3. The molecule has 1 N–H and O–H groups in total. The average molecular weight is 517 g/mol. The number of imidazole rings is 1. The lowest BCUT2D eigenvalue weighted by molar-refractivity contribution is -0.130. The van der Waals surface area contributed by atoms with Crippen molar-refractivity contribution < 1.29 is 32.3 Å². The summed E-state index contributed by atoms with van der Waals surface area (Å²) in [6.45, 7) is -0.617. The zero-order valence-corrected chi connectivity index (χ0v) is 19.4. The van der Waals surface area contributed by atoms with E-state index in [-0.39, 0.29) is 62.2 Å². The number of anilines is 2. The standard InChI is InChI=1S/C23H22F3N7O4/c24-10-15-12-33(23(36)37-15)14-8-16(25)20(17(26)9-14)31-6-4-30(5-7-31)19(34)11-28-21(35)18-13-32-3-1-2-27-22(32)29-18/h1-3,8-9,13,15H,4-7,10-12H2,(H,28,35). The van der Waals surface area contributed by atoms with Crippen LogP contribution in [0.5, 0.6) is 0 Å². The fraction of sp³-hybridized carbons (Fsp3) is 0.348. The molecule has 194 valence electrons. The third-order valence-electron chi connectivity index (χ3n) is 6.18. The summed E-state index contributed by atoms with van der Waals surface area (Å²) in [5.41, 5.74) is -0.224. The molecule has 5 rings (SSSR count). The fourth-order valence-electron chi connectivity index (χ4n) is 4.30. The number of nitrogens with one attached hydrogen (secondary N) is 1. The third-order valence-corrected chi connectivity index (χ3v) is 6.18. The summed E-state index contributed by atoms with van der Waals surface area (Å²) in [6, 6.07) is 3.70. The quantitative estimate of drug-likeness (QED) is 0.526. The second-order valence-corrected chi connectivity index (χ2v) is 8.53. The molecule has 0 bridgehead atoms. The lowest BCUT2D eigenvalue weighted by Gasteiger charge is -2.36. The van der Waals surface area contributed by atoms with Gasteiger partial charge in [-0.25, -0.2) is 27.9 Å². The van der Waals surface area contributed by atoms with E-state index in [1.165, 1.54) is 16.0 Å². The Labute approximate surface area is 208 Å². The van der Waals surface area contributed by atoms with Gasteiger partial charge in [-0.3, -0.25) is 18.9 Å². The van der Waals surface area contributed by atoms with Gasteiger partial charge in [-0.2, -0.15) is 0 Å². The van der Waals surface area contributed by atoms with Crippen molar-refractivity contribution in [1.82, 2.24) is 24.6 Å². The molecule has 14 heteroatoms. The van der Waals surface area contributed by atoms with Gasteiger partial charge >= 0.3 is 6.09 Å². The van der Waals surface area contributed by atoms with Crippen LogP contribution in [0.1, 0.15) is 10.5 Å². The lowest BCUT2D eigenvalue weighted by Crippen LogP contribution is -2.51. The summed E-state index contributed by atoms with van der Waals surface area (Å²) in [5, 5.41) is 2.53. The maximum Gasteiger partial charge on any atom is 0.414 e. The first-order chi connectivity index (χ1) is 17.8. The molecule has 4 heterocycles. The van der Waals surface area contributed by atoms with Gasteiger partial charge in [-0.1, -0.05) is 0 Å². The molecule has 2 saturated heterocycles. The first-order valence-electron chi connectivity index (χ1n) is 11.5. The number of rotatable bonds is 6. The number of cyclic esters (lactones) is 1. The van der Waals surface area contributed by atoms with E-state index in [0.717, 1.165) is 17.0 Å². The second kappa shape index (κ2) is 9.95. The number of benzene rings is 1. The molecule has 1 unspecified atom stereocenters. The van der Waals surface area contributed by atoms with Gasteiger partial charge in [0.2, 0.25) is 11.7 Å². The van der Waals surface area contributed by atoms with Crippen LogP contribution >= 0.6 is 0 Å². The van der Waals surface area contributed by atoms with Crippen LogP contribution in [0.2, 0.25) is 0 Å². The van der Waals surface area contributed by atoms with E-state index in [1.54, 1.807) is 22.9 Å². The van der Waals surface area contributed by atoms with Crippen LogP contribution in [-0.4, -0.2) is 89.2 Å². The predicted molar refractivity (Wildman–Crippen MR) is 124 cm³/mol. The van der Waals surface area contributed by atoms with Crippen molar-refractivity contribution >= 4 is 35.1 Å². The van der Waals surface area contributed by atoms with Crippen LogP contribution < -0.4 is 15.1 Å². The molecule has 2 aliphatic heterocycles. The molecule has 1 aromatic carbocycles. The van der Waals surface area contributed by atoms with E-state index < -0.39 is 36.4 Å². The van der Waals surface area contributed by atoms with Gasteiger partial charge in [0.1, 0.15) is 24.2 Å². The average Bonchev–Trinajstić information content (AvgIpc) is 3.50. The van der Waals surface area contributed by atoms with Crippen LogP contribution in [-0.2, 0) is 9.53 Å². The van der Waals surface area contributed by atoms with E-state index in [1.807, 2.05) is 0 Å². The smallest absolute Gasteiger partial charge is 0.414 e. The molecule has 2 aliphatic rings. The fourth-order valence-corrected chi connectivity index (χ4v) is 4.30. The summed E-state index contributed by atoms with van der Waals surface area (Å²) in [7, 11) is 0. The Morgan fingerprint density at radius 2 is 1.86 bits per heavy atom. The summed E-state index contributed by atoms with van der Waals surface area (Å²) in [6.07, 6.45) is 2.89. The summed E-state index contributed by atoms with van der Waals surface area (Å²) in [4.78, 5) is 48.9. The monoisotopic (exact) mass is 517 g/mol. The van der Waals surface area contributed by atoms with Gasteiger partial charge in [-0.15, -0.1) is 0 Å². The number of alkyl halides is 1. The van der Waals surface area contributed by atoms with Crippen molar-refractivity contribution in [2.45, 2.75) is 6.10 Å². The van der Waals surface area contributed by atoms with E-state index in [4.69, 9.17) is 4.74 Å². The minimum absolute atomic E-state index is 0.0642. The molecular weight excluding hydrogens is 495 g/mol. The molecule has 2 fully saturated rings. The lowest BCUT2D eigenvalue weighted by atomic mass is 10.2. The van der Waals surface area contributed by atoms with Crippen LogP contribution in [0.4, 0.5) is 29.3 Å². The number of fused-ring (bicyclic) bond motifs is 1. The maximum atomic E-state index is 14.9. The Kier molecular flexibility index (Phi) is 6.54. The molecule has 2 aromatic heterocycles. The largest absolute Gasteiger partial charge is 0.441 e. The molecule has 37 heavy (non-hydrogen) atoms. The molecule has 0 spiro atoms. The van der Waals surface area contributed by atoms with Gasteiger partial charge in [0.25, 0.3) is 5.91 Å². The Morgan fingerprint density at radius 3 is 2.51 bits per heavy atom. The number of hydrogen-bond donors (Lipinski definition) is 1. The van der Waals surface area contributed by atoms with Gasteiger partial charge in [0, 0.05) is 56.9 Å². The van der Waals surface area contributed by atoms with Crippen LogP contribution in [0, 0.1) is 11.6 Å². The van der Waals surface area contributed by atoms with Crippen molar-refractivity contribution in [3.63, 3.8) is 0 Å². The Bertz CT molecular complexity index is 1300. The van der Waals surface area contributed by atoms with E-state index in [0.29, 0.717) is 5.78 Å². The van der Waals surface area contributed by atoms with Gasteiger partial charge in [0.15, 0.2) is 11.6 Å². The van der Waals surface area contributed by atoms with Crippen molar-refractivity contribution in [3.8, 4) is 0 Å². The number of carbonyl (C=O) groups excluding carboxylic acids is 3. The second-order valence-electron chi connectivity index (χ2n) is 8.53. The van der Waals surface area contributed by atoms with Crippen molar-refractivity contribution in [3.05, 3.63) is 54.1 Å². The normalized spacial score (nSPS) is 17.9. The number of hydrogen-bond acceptors (Lipinski definition) is 7. The highest BCUT2D eigenvalue weighted by molar-refractivity contribution is 5.95. The van der Waals surface area contributed by atoms with Crippen molar-refractivity contribution in [1.29, 1.82) is 0 Å². The number of halogens is 3. The van der Waals surface area contributed by atoms with Gasteiger partial charge < -0.3 is 19.9 Å². The Morgan fingerprint density at radius 1 is 1.14 bits per heavy atom. The SMILES string of the molecule is O=C(NCC(=O)N1CCN(c2c(F)cc(N3CC(CF)OC3=O)cc2F)CC1)c1cn2cccnc2n1. The molecule has 0 aliphatic carbocycles. The van der Waals surface area contributed by atoms with Crippen LogP contribution in [0.25, 0.3) is 5.78 Å². The summed E-state index contributed by atoms with van der Waals surface area (Å²) >= 11 is 0. The molecule has 3 amide bonds. The summed E-state index contributed by atoms with van der Waals surface area (Å²) < 4.78 is 49.0. The predicted octanol–water partition coefficient (Wildman–Crippen LogP) is 1.38. The van der Waals surface area contributed by atoms with Crippen LogP contribution in [0.3, 0.4) is 0 Å². The zero-order chi connectivity index (χ0) is 26.1. The molecule has 11 nitrogen and oxygen atoms in total. The molecule has 3 aromatic rings. The number of ether oxygens (including phenoxy) is 1. The topological polar surface area (TPSA) is 112 Å². The van der Waals surface area contributed by atoms with E-state index in [9.17, 15) is 27.6 Å². The highest BCUT2D eigenvalue weighted by Gasteiger charge is 2.34. The van der Waals surface area contributed by atoms with Crippen molar-refractivity contribution in [2.75, 3.05) is 55.7 Å². The molecule has 0 radical (unpaired) electrons. The number of piperazine rings is 1. The first kappa shape index (κ1) is 24.3. The number of aromatic nitrogens is 3. The van der Waals surface area contributed by atoms with Gasteiger partial charge in [-0.05, 0) is 6.07 Å². The third kappa shape index (κ3) is 4.86.